The van der Waals surface area contributed by atoms with Crippen molar-refractivity contribution < 1.29 is 32.5 Å². The van der Waals surface area contributed by atoms with E-state index in [1.54, 1.807) is 6.07 Å². The van der Waals surface area contributed by atoms with Crippen LogP contribution >= 0.6 is 0 Å². The summed E-state index contributed by atoms with van der Waals surface area (Å²) in [7, 11) is 2.81. The molecule has 1 aromatic carbocycles. The van der Waals surface area contributed by atoms with E-state index in [1.165, 1.54) is 44.6 Å². The molecule has 0 aliphatic carbocycles. The Bertz CT molecular complexity index is 1380. The minimum Gasteiger partial charge on any atom is -0.497 e. The lowest BCUT2D eigenvalue weighted by Crippen LogP contribution is -2.45. The molecule has 194 valence electrons. The highest BCUT2D eigenvalue weighted by molar-refractivity contribution is 5.92. The van der Waals surface area contributed by atoms with E-state index in [1.807, 2.05) is 19.1 Å². The number of carboxylic acid groups (broad SMARTS) is 1. The highest BCUT2D eigenvalue weighted by atomic mass is 19.4. The van der Waals surface area contributed by atoms with Crippen LogP contribution in [0.3, 0.4) is 0 Å². The van der Waals surface area contributed by atoms with Crippen molar-refractivity contribution in [1.82, 2.24) is 20.4 Å². The number of carboxylic acids is 1. The SMILES string of the molecule is COc1cc(C)cc(Nc2ncc(-c3cnc(OC)c(C(=O)O)c3)c(N3NC(C(F)(F)F)C=C3C)n2)c1. The lowest BCUT2D eigenvalue weighted by atomic mass is 10.1. The topological polar surface area (TPSA) is 122 Å². The van der Waals surface area contributed by atoms with Crippen LogP contribution < -0.4 is 25.2 Å². The van der Waals surface area contributed by atoms with Gasteiger partial charge in [-0.2, -0.15) is 18.2 Å². The highest BCUT2D eigenvalue weighted by Gasteiger charge is 2.43. The van der Waals surface area contributed by atoms with Gasteiger partial charge in [-0.25, -0.2) is 20.2 Å². The van der Waals surface area contributed by atoms with Crippen LogP contribution in [0.15, 0.2) is 48.4 Å². The number of methoxy groups -OCH3 is 2. The second-order valence-corrected chi connectivity index (χ2v) is 8.17. The van der Waals surface area contributed by atoms with E-state index in [0.717, 1.165) is 11.6 Å². The quantitative estimate of drug-likeness (QED) is 0.415. The number of halogens is 3. The molecule has 2 aromatic heterocycles. The summed E-state index contributed by atoms with van der Waals surface area (Å²) < 4.78 is 50.7. The summed E-state index contributed by atoms with van der Waals surface area (Å²) in [4.78, 5) is 24.5. The summed E-state index contributed by atoms with van der Waals surface area (Å²) in [5.74, 6) is -0.652. The molecule has 0 saturated carbocycles. The number of nitrogens with zero attached hydrogens (tertiary/aromatic N) is 4. The number of carbonyl (C=O) groups is 1. The molecule has 0 bridgehead atoms. The molecule has 4 rings (SSSR count). The van der Waals surface area contributed by atoms with E-state index in [2.05, 4.69) is 25.7 Å². The number of alkyl halides is 3. The minimum absolute atomic E-state index is 0.0564. The molecule has 3 aromatic rings. The summed E-state index contributed by atoms with van der Waals surface area (Å²) in [5.41, 5.74) is 4.43. The zero-order chi connectivity index (χ0) is 26.9. The molecule has 10 nitrogen and oxygen atoms in total. The first kappa shape index (κ1) is 25.7. The van der Waals surface area contributed by atoms with Crippen molar-refractivity contribution in [2.45, 2.75) is 26.1 Å². The number of anilines is 3. The molecular formula is C24H23F3N6O4. The van der Waals surface area contributed by atoms with Gasteiger partial charge in [-0.3, -0.25) is 5.01 Å². The summed E-state index contributed by atoms with van der Waals surface area (Å²) in [6.07, 6.45) is -0.801. The predicted molar refractivity (Wildman–Crippen MR) is 129 cm³/mol. The number of ether oxygens (including phenoxy) is 2. The van der Waals surface area contributed by atoms with Crippen molar-refractivity contribution in [3.05, 3.63) is 59.6 Å². The first-order valence-corrected chi connectivity index (χ1v) is 10.9. The molecule has 1 aliphatic rings. The van der Waals surface area contributed by atoms with Gasteiger partial charge >= 0.3 is 12.1 Å². The Labute approximate surface area is 209 Å². The van der Waals surface area contributed by atoms with Crippen LogP contribution in [0, 0.1) is 6.92 Å². The Balaban J connectivity index is 1.82. The maximum Gasteiger partial charge on any atom is 0.409 e. The molecule has 1 aliphatic heterocycles. The van der Waals surface area contributed by atoms with Gasteiger partial charge in [0.2, 0.25) is 11.8 Å². The van der Waals surface area contributed by atoms with Crippen LogP contribution in [0.25, 0.3) is 11.1 Å². The Kier molecular flexibility index (Phi) is 6.90. The van der Waals surface area contributed by atoms with Gasteiger partial charge in [0.15, 0.2) is 5.82 Å². The average Bonchev–Trinajstić information content (AvgIpc) is 3.25. The number of nitrogens with one attached hydrogen (secondary N) is 2. The molecule has 0 spiro atoms. The van der Waals surface area contributed by atoms with E-state index in [-0.39, 0.29) is 40.0 Å². The number of allylic oxidation sites excluding steroid dienone is 1. The molecule has 0 saturated heterocycles. The number of hydrogen-bond acceptors (Lipinski definition) is 9. The van der Waals surface area contributed by atoms with Crippen LogP contribution in [-0.4, -0.2) is 52.5 Å². The summed E-state index contributed by atoms with van der Waals surface area (Å²) in [6, 6.07) is 4.74. The third-order valence-corrected chi connectivity index (χ3v) is 5.49. The Morgan fingerprint density at radius 1 is 1.11 bits per heavy atom. The Morgan fingerprint density at radius 3 is 2.49 bits per heavy atom. The van der Waals surface area contributed by atoms with Gasteiger partial charge in [0.05, 0.1) is 14.2 Å². The van der Waals surface area contributed by atoms with Gasteiger partial charge in [0, 0.05) is 41.0 Å². The highest BCUT2D eigenvalue weighted by Crippen LogP contribution is 2.36. The minimum atomic E-state index is -4.54. The van der Waals surface area contributed by atoms with Crippen molar-refractivity contribution in [3.8, 4) is 22.8 Å². The monoisotopic (exact) mass is 516 g/mol. The van der Waals surface area contributed by atoms with Gasteiger partial charge < -0.3 is 19.9 Å². The fourth-order valence-electron chi connectivity index (χ4n) is 3.78. The first-order valence-electron chi connectivity index (χ1n) is 10.9. The standard InChI is InChI=1S/C24H23F3N6O4/c1-12-5-15(9-16(6-12)36-3)30-23-29-11-18(14-8-17(22(34)35)21(37-4)28-10-14)20(31-23)33-13(2)7-19(32-33)24(25,26)27/h5-11,19,32H,1-4H3,(H,34,35)(H,29,30,31). The maximum atomic E-state index is 13.5. The van der Waals surface area contributed by atoms with Crippen molar-refractivity contribution in [1.29, 1.82) is 0 Å². The van der Waals surface area contributed by atoms with Gasteiger partial charge in [-0.15, -0.1) is 0 Å². The van der Waals surface area contributed by atoms with E-state index in [0.29, 0.717) is 11.4 Å². The van der Waals surface area contributed by atoms with Crippen LogP contribution in [-0.2, 0) is 0 Å². The number of aromatic carboxylic acids is 1. The van der Waals surface area contributed by atoms with Gasteiger partial charge in [-0.1, -0.05) is 0 Å². The molecule has 0 radical (unpaired) electrons. The number of hydrogen-bond donors (Lipinski definition) is 3. The lowest BCUT2D eigenvalue weighted by molar-refractivity contribution is -0.142. The van der Waals surface area contributed by atoms with E-state index >= 15 is 0 Å². The number of rotatable bonds is 7. The molecule has 37 heavy (non-hydrogen) atoms. The first-order chi connectivity index (χ1) is 17.5. The lowest BCUT2D eigenvalue weighted by Gasteiger charge is -2.25. The molecule has 13 heteroatoms. The second-order valence-electron chi connectivity index (χ2n) is 8.17. The zero-order valence-electron chi connectivity index (χ0n) is 20.2. The van der Waals surface area contributed by atoms with Crippen molar-refractivity contribution in [2.75, 3.05) is 24.5 Å². The summed E-state index contributed by atoms with van der Waals surface area (Å²) >= 11 is 0. The fourth-order valence-corrected chi connectivity index (χ4v) is 3.78. The molecule has 3 heterocycles. The fraction of sp³-hybridized carbons (Fsp3) is 0.250. The molecule has 0 fully saturated rings. The van der Waals surface area contributed by atoms with Crippen LogP contribution in [0.5, 0.6) is 11.6 Å². The maximum absolute atomic E-state index is 13.5. The van der Waals surface area contributed by atoms with Gasteiger partial charge in [0.25, 0.3) is 0 Å². The molecule has 1 unspecified atom stereocenters. The molecule has 0 amide bonds. The van der Waals surface area contributed by atoms with Crippen LogP contribution in [0.1, 0.15) is 22.8 Å². The van der Waals surface area contributed by atoms with Crippen LogP contribution in [0.2, 0.25) is 0 Å². The van der Waals surface area contributed by atoms with Crippen LogP contribution in [0.4, 0.5) is 30.6 Å². The van der Waals surface area contributed by atoms with Crippen molar-refractivity contribution in [3.63, 3.8) is 0 Å². The number of hydrazine groups is 1. The number of aryl methyl sites for hydroxylation is 1. The third-order valence-electron chi connectivity index (χ3n) is 5.49. The normalized spacial score (nSPS) is 15.4. The summed E-state index contributed by atoms with van der Waals surface area (Å²) in [6.45, 7) is 3.37. The summed E-state index contributed by atoms with van der Waals surface area (Å²) in [5, 5.41) is 13.8. The number of benzene rings is 1. The Morgan fingerprint density at radius 2 is 1.86 bits per heavy atom. The molecule has 1 atom stereocenters. The zero-order valence-corrected chi connectivity index (χ0v) is 20.2. The van der Waals surface area contributed by atoms with Gasteiger partial charge in [-0.05, 0) is 43.7 Å². The number of aromatic nitrogens is 3. The largest absolute Gasteiger partial charge is 0.497 e. The van der Waals surface area contributed by atoms with Crippen molar-refractivity contribution in [2.24, 2.45) is 0 Å². The predicted octanol–water partition coefficient (Wildman–Crippen LogP) is 4.47. The Hall–Kier alpha value is -4.39. The van der Waals surface area contributed by atoms with E-state index < -0.39 is 18.2 Å². The molecule has 3 N–H and O–H groups in total. The number of pyridine rings is 1. The van der Waals surface area contributed by atoms with Gasteiger partial charge in [0.1, 0.15) is 17.4 Å². The average molecular weight is 516 g/mol. The van der Waals surface area contributed by atoms with Crippen molar-refractivity contribution >= 4 is 23.4 Å². The smallest absolute Gasteiger partial charge is 0.409 e. The van der Waals surface area contributed by atoms with E-state index in [9.17, 15) is 23.1 Å². The third kappa shape index (κ3) is 5.40. The second kappa shape index (κ2) is 9.93. The van der Waals surface area contributed by atoms with E-state index in [4.69, 9.17) is 9.47 Å². The molecular weight excluding hydrogens is 493 g/mol.